The number of guanidine groups is 1. The number of carbonyl (C=O) groups is 1. The second-order valence-corrected chi connectivity index (χ2v) is 7.08. The molecule has 1 unspecified atom stereocenters. The first-order chi connectivity index (χ1) is 14.0. The summed E-state index contributed by atoms with van der Waals surface area (Å²) in [6.07, 6.45) is 2.54. The first kappa shape index (κ1) is 26.4. The van der Waals surface area contributed by atoms with Gasteiger partial charge in [-0.3, -0.25) is 9.79 Å². The standard InChI is InChI=1S/C21H32FN3O4.HI/c1-3-23-21(25-17-9-5-15(6-10-17)20(27)28-4-2)24-13-18(26)14-29-19-11-7-16(22)8-12-19;/h7-8,11-12,15,17-18,26H,3-6,9-10,13-14H2,1-2H3,(H2,23,24,25);1H. The smallest absolute Gasteiger partial charge is 0.308 e. The third-order valence-corrected chi connectivity index (χ3v) is 4.75. The average molecular weight is 537 g/mol. The van der Waals surface area contributed by atoms with Crippen LogP contribution in [0, 0.1) is 11.7 Å². The highest BCUT2D eigenvalue weighted by atomic mass is 127. The van der Waals surface area contributed by atoms with Crippen molar-refractivity contribution in [2.75, 3.05) is 26.3 Å². The van der Waals surface area contributed by atoms with Crippen molar-refractivity contribution >= 4 is 35.9 Å². The lowest BCUT2D eigenvalue weighted by molar-refractivity contribution is -0.149. The van der Waals surface area contributed by atoms with Crippen molar-refractivity contribution in [2.24, 2.45) is 10.9 Å². The van der Waals surface area contributed by atoms with E-state index in [4.69, 9.17) is 9.47 Å². The van der Waals surface area contributed by atoms with Gasteiger partial charge in [0.1, 0.15) is 24.3 Å². The van der Waals surface area contributed by atoms with Gasteiger partial charge in [0.05, 0.1) is 19.1 Å². The molecule has 30 heavy (non-hydrogen) atoms. The number of hydrogen-bond donors (Lipinski definition) is 3. The number of esters is 1. The third-order valence-electron chi connectivity index (χ3n) is 4.75. The number of carbonyl (C=O) groups excluding carboxylic acids is 1. The second-order valence-electron chi connectivity index (χ2n) is 7.08. The van der Waals surface area contributed by atoms with Crippen LogP contribution in [0.5, 0.6) is 5.75 Å². The number of aliphatic imine (C=N–C) groups is 1. The lowest BCUT2D eigenvalue weighted by Crippen LogP contribution is -2.45. The maximum Gasteiger partial charge on any atom is 0.308 e. The molecule has 1 saturated carbocycles. The zero-order valence-electron chi connectivity index (χ0n) is 17.6. The molecule has 170 valence electrons. The molecule has 2 rings (SSSR count). The number of rotatable bonds is 9. The van der Waals surface area contributed by atoms with E-state index in [0.717, 1.165) is 25.7 Å². The van der Waals surface area contributed by atoms with Crippen molar-refractivity contribution in [1.82, 2.24) is 10.6 Å². The molecule has 9 heteroatoms. The van der Waals surface area contributed by atoms with Gasteiger partial charge in [0, 0.05) is 12.6 Å². The normalized spacial score (nSPS) is 19.9. The monoisotopic (exact) mass is 537 g/mol. The average Bonchev–Trinajstić information content (AvgIpc) is 2.72. The van der Waals surface area contributed by atoms with E-state index in [1.807, 2.05) is 13.8 Å². The minimum Gasteiger partial charge on any atom is -0.491 e. The molecule has 0 aliphatic heterocycles. The van der Waals surface area contributed by atoms with E-state index >= 15 is 0 Å². The van der Waals surface area contributed by atoms with Gasteiger partial charge in [-0.15, -0.1) is 24.0 Å². The van der Waals surface area contributed by atoms with Crippen LogP contribution >= 0.6 is 24.0 Å². The molecule has 1 aromatic carbocycles. The molecule has 0 radical (unpaired) electrons. The van der Waals surface area contributed by atoms with Crippen LogP contribution in [0.1, 0.15) is 39.5 Å². The van der Waals surface area contributed by atoms with E-state index in [0.29, 0.717) is 24.9 Å². The molecule has 0 bridgehead atoms. The topological polar surface area (TPSA) is 92.2 Å². The minimum atomic E-state index is -0.782. The number of benzene rings is 1. The molecular weight excluding hydrogens is 504 g/mol. The van der Waals surface area contributed by atoms with Gasteiger partial charge in [0.2, 0.25) is 0 Å². The molecule has 0 amide bonds. The number of hydrogen-bond acceptors (Lipinski definition) is 5. The summed E-state index contributed by atoms with van der Waals surface area (Å²) < 4.78 is 23.5. The molecule has 1 aromatic rings. The van der Waals surface area contributed by atoms with E-state index in [2.05, 4.69) is 15.6 Å². The van der Waals surface area contributed by atoms with Crippen LogP contribution in [0.3, 0.4) is 0 Å². The highest BCUT2D eigenvalue weighted by Crippen LogP contribution is 2.25. The predicted octanol–water partition coefficient (Wildman–Crippen LogP) is 2.86. The fraction of sp³-hybridized carbons (Fsp3) is 0.619. The summed E-state index contributed by atoms with van der Waals surface area (Å²) in [4.78, 5) is 16.3. The van der Waals surface area contributed by atoms with Crippen LogP contribution < -0.4 is 15.4 Å². The van der Waals surface area contributed by atoms with Gasteiger partial charge in [-0.1, -0.05) is 0 Å². The Bertz CT molecular complexity index is 652. The quantitative estimate of drug-likeness (QED) is 0.194. The van der Waals surface area contributed by atoms with Crippen LogP contribution in [0.25, 0.3) is 0 Å². The molecule has 1 atom stereocenters. The fourth-order valence-electron chi connectivity index (χ4n) is 3.22. The Kier molecular flexibility index (Phi) is 12.7. The first-order valence-electron chi connectivity index (χ1n) is 10.3. The summed E-state index contributed by atoms with van der Waals surface area (Å²) in [6.45, 7) is 5.16. The molecule has 1 fully saturated rings. The maximum atomic E-state index is 12.9. The lowest BCUT2D eigenvalue weighted by atomic mass is 9.86. The first-order valence-corrected chi connectivity index (χ1v) is 10.3. The zero-order chi connectivity index (χ0) is 21.1. The molecule has 0 saturated heterocycles. The van der Waals surface area contributed by atoms with Gasteiger partial charge in [-0.25, -0.2) is 4.39 Å². The Labute approximate surface area is 194 Å². The number of halogens is 2. The maximum absolute atomic E-state index is 12.9. The Morgan fingerprint density at radius 1 is 1.23 bits per heavy atom. The Morgan fingerprint density at radius 2 is 1.90 bits per heavy atom. The molecule has 7 nitrogen and oxygen atoms in total. The Morgan fingerprint density at radius 3 is 2.50 bits per heavy atom. The van der Waals surface area contributed by atoms with E-state index in [1.165, 1.54) is 24.3 Å². The van der Waals surface area contributed by atoms with Gasteiger partial charge in [0.15, 0.2) is 5.96 Å². The molecular formula is C21H33FIN3O4. The molecule has 0 aromatic heterocycles. The van der Waals surface area contributed by atoms with Crippen molar-refractivity contribution in [3.8, 4) is 5.75 Å². The number of aliphatic hydroxyl groups is 1. The third kappa shape index (κ3) is 9.46. The van der Waals surface area contributed by atoms with Crippen LogP contribution in [-0.2, 0) is 9.53 Å². The summed E-state index contributed by atoms with van der Waals surface area (Å²) in [6, 6.07) is 5.88. The van der Waals surface area contributed by atoms with Crippen LogP contribution in [0.15, 0.2) is 29.3 Å². The predicted molar refractivity (Wildman–Crippen MR) is 125 cm³/mol. The highest BCUT2D eigenvalue weighted by molar-refractivity contribution is 14.0. The molecule has 1 aliphatic rings. The highest BCUT2D eigenvalue weighted by Gasteiger charge is 2.27. The molecule has 0 heterocycles. The van der Waals surface area contributed by atoms with Gasteiger partial charge >= 0.3 is 5.97 Å². The zero-order valence-corrected chi connectivity index (χ0v) is 19.9. The number of nitrogens with one attached hydrogen (secondary N) is 2. The second kappa shape index (κ2) is 14.4. The summed E-state index contributed by atoms with van der Waals surface area (Å²) >= 11 is 0. The van der Waals surface area contributed by atoms with Gasteiger partial charge in [-0.05, 0) is 63.8 Å². The van der Waals surface area contributed by atoms with Crippen LogP contribution in [0.4, 0.5) is 4.39 Å². The summed E-state index contributed by atoms with van der Waals surface area (Å²) in [7, 11) is 0. The largest absolute Gasteiger partial charge is 0.491 e. The van der Waals surface area contributed by atoms with Crippen molar-refractivity contribution < 1.29 is 23.8 Å². The summed E-state index contributed by atoms with van der Waals surface area (Å²) in [5.74, 6) is 0.680. The lowest BCUT2D eigenvalue weighted by Gasteiger charge is -2.29. The summed E-state index contributed by atoms with van der Waals surface area (Å²) in [5.41, 5.74) is 0. The molecule has 1 aliphatic carbocycles. The van der Waals surface area contributed by atoms with E-state index < -0.39 is 6.10 Å². The Hall–Kier alpha value is -1.62. The van der Waals surface area contributed by atoms with Crippen molar-refractivity contribution in [3.63, 3.8) is 0 Å². The SMILES string of the molecule is CCNC(=NCC(O)COc1ccc(F)cc1)NC1CCC(C(=O)OCC)CC1.I. The van der Waals surface area contributed by atoms with Crippen LogP contribution in [0.2, 0.25) is 0 Å². The van der Waals surface area contributed by atoms with Crippen molar-refractivity contribution in [2.45, 2.75) is 51.7 Å². The summed E-state index contributed by atoms with van der Waals surface area (Å²) in [5, 5.41) is 16.7. The van der Waals surface area contributed by atoms with Gasteiger partial charge in [0.25, 0.3) is 0 Å². The van der Waals surface area contributed by atoms with Crippen molar-refractivity contribution in [1.29, 1.82) is 0 Å². The molecule has 0 spiro atoms. The van der Waals surface area contributed by atoms with E-state index in [1.54, 1.807) is 0 Å². The van der Waals surface area contributed by atoms with Crippen LogP contribution in [-0.4, -0.2) is 55.5 Å². The number of aliphatic hydroxyl groups excluding tert-OH is 1. The fourth-order valence-corrected chi connectivity index (χ4v) is 3.22. The minimum absolute atomic E-state index is 0. The number of nitrogens with zero attached hydrogens (tertiary/aromatic N) is 1. The Balaban J connectivity index is 0.00000450. The van der Waals surface area contributed by atoms with Gasteiger partial charge in [-0.2, -0.15) is 0 Å². The van der Waals surface area contributed by atoms with Crippen molar-refractivity contribution in [3.05, 3.63) is 30.1 Å². The number of ether oxygens (including phenoxy) is 2. The van der Waals surface area contributed by atoms with E-state index in [9.17, 15) is 14.3 Å². The van der Waals surface area contributed by atoms with Gasteiger partial charge < -0.3 is 25.2 Å². The molecule has 3 N–H and O–H groups in total. The van der Waals surface area contributed by atoms with E-state index in [-0.39, 0.29) is 60.9 Å².